The molecule has 3 unspecified atom stereocenters. The van der Waals surface area contributed by atoms with Crippen molar-refractivity contribution in [2.24, 2.45) is 5.10 Å². The minimum absolute atomic E-state index is 0.0400. The van der Waals surface area contributed by atoms with E-state index in [0.717, 1.165) is 22.4 Å². The number of nitrogens with zero attached hydrogens (tertiary/aromatic N) is 3. The molecule has 1 heterocycles. The highest BCUT2D eigenvalue weighted by atomic mass is 19.1. The molecule has 3 rings (SSSR count). The summed E-state index contributed by atoms with van der Waals surface area (Å²) in [5.74, 6) is -0.308. The van der Waals surface area contributed by atoms with Crippen LogP contribution in [-0.2, 0) is 5.54 Å². The van der Waals surface area contributed by atoms with Gasteiger partial charge in [-0.05, 0) is 37.1 Å². The summed E-state index contributed by atoms with van der Waals surface area (Å²) < 4.78 is 14.3. The van der Waals surface area contributed by atoms with E-state index >= 15 is 0 Å². The highest BCUT2D eigenvalue weighted by Gasteiger charge is 2.58. The predicted molar refractivity (Wildman–Crippen MR) is 106 cm³/mol. The Labute approximate surface area is 159 Å². The molecular formula is C22H25FN3O+. The van der Waals surface area contributed by atoms with E-state index in [-0.39, 0.29) is 10.4 Å². The normalized spacial score (nSPS) is 21.4. The summed E-state index contributed by atoms with van der Waals surface area (Å²) >= 11 is 0. The zero-order chi connectivity index (χ0) is 19.8. The fraction of sp³-hybridized carbons (Fsp3) is 0.364. The number of quaternary nitrogens is 1. The van der Waals surface area contributed by atoms with Crippen LogP contribution in [0.4, 0.5) is 10.1 Å². The predicted octanol–water partition coefficient (Wildman–Crippen LogP) is 4.37. The Morgan fingerprint density at radius 3 is 2.48 bits per heavy atom. The lowest BCUT2D eigenvalue weighted by atomic mass is 9.77. The molecule has 0 aliphatic carbocycles. The second-order valence-electron chi connectivity index (χ2n) is 7.25. The molecule has 140 valence electrons. The van der Waals surface area contributed by atoms with Gasteiger partial charge in [-0.15, -0.1) is 0 Å². The van der Waals surface area contributed by atoms with Crippen LogP contribution in [0.1, 0.15) is 48.9 Å². The molecule has 3 atom stereocenters. The van der Waals surface area contributed by atoms with Crippen LogP contribution in [0.25, 0.3) is 0 Å². The number of fused-ring (bicyclic) bond motifs is 1. The van der Waals surface area contributed by atoms with Crippen molar-refractivity contribution in [1.82, 2.24) is 4.59 Å². The summed E-state index contributed by atoms with van der Waals surface area (Å²) in [6, 6.07) is 12.4. The molecule has 1 N–H and O–H groups in total. The first kappa shape index (κ1) is 19.2. The zero-order valence-corrected chi connectivity index (χ0v) is 16.2. The molecule has 5 heteroatoms. The molecule has 0 bridgehead atoms. The van der Waals surface area contributed by atoms with Gasteiger partial charge in [0.25, 0.3) is 0 Å². The smallest absolute Gasteiger partial charge is 0.179 e. The standard InChI is InChI=1S/C22H25FN3O/c1-5-21(27)22(6-2,17-9-7-16(13-24)8-10-17)26(4)20-12-18(23)11-15(3)19(20)14-25-26/h7-12,14,21,27H,5-6H2,1-4H3/q+1. The Balaban J connectivity index is 2.30. The molecule has 4 nitrogen and oxygen atoms in total. The number of halogens is 1. The largest absolute Gasteiger partial charge is 0.386 e. The van der Waals surface area contributed by atoms with Gasteiger partial charge in [-0.1, -0.05) is 31.1 Å². The molecule has 0 spiro atoms. The molecule has 0 amide bonds. The first-order valence-corrected chi connectivity index (χ1v) is 9.25. The molecular weight excluding hydrogens is 341 g/mol. The Morgan fingerprint density at radius 1 is 1.26 bits per heavy atom. The van der Waals surface area contributed by atoms with Crippen molar-refractivity contribution >= 4 is 11.9 Å². The average molecular weight is 366 g/mol. The Hall–Kier alpha value is -2.55. The van der Waals surface area contributed by atoms with Crippen molar-refractivity contribution in [3.63, 3.8) is 0 Å². The lowest BCUT2D eigenvalue weighted by Crippen LogP contribution is -2.62. The maximum absolute atomic E-state index is 14.3. The van der Waals surface area contributed by atoms with Crippen LogP contribution in [0, 0.1) is 24.1 Å². The fourth-order valence-electron chi connectivity index (χ4n) is 4.47. The van der Waals surface area contributed by atoms with Crippen LogP contribution in [0.3, 0.4) is 0 Å². The van der Waals surface area contributed by atoms with Gasteiger partial charge in [-0.25, -0.2) is 4.39 Å². The number of nitriles is 1. The van der Waals surface area contributed by atoms with Crippen molar-refractivity contribution in [1.29, 1.82) is 5.26 Å². The molecule has 27 heavy (non-hydrogen) atoms. The Bertz CT molecular complexity index is 932. The van der Waals surface area contributed by atoms with Crippen LogP contribution >= 0.6 is 0 Å². The third-order valence-electron chi connectivity index (χ3n) is 5.98. The van der Waals surface area contributed by atoms with Crippen molar-refractivity contribution < 1.29 is 9.50 Å². The van der Waals surface area contributed by atoms with E-state index in [9.17, 15) is 9.50 Å². The first-order chi connectivity index (χ1) is 12.8. The number of likely N-dealkylation sites (N-methyl/N-ethyl adjacent to an activating group) is 1. The molecule has 2 aromatic carbocycles. The topological polar surface area (TPSA) is 56.4 Å². The zero-order valence-electron chi connectivity index (χ0n) is 16.2. The number of aliphatic hydroxyl groups is 1. The molecule has 1 aliphatic rings. The fourth-order valence-corrected chi connectivity index (χ4v) is 4.47. The van der Waals surface area contributed by atoms with Gasteiger partial charge in [0.05, 0.1) is 30.5 Å². The molecule has 0 saturated heterocycles. The van der Waals surface area contributed by atoms with E-state index in [1.54, 1.807) is 18.3 Å². The van der Waals surface area contributed by atoms with Crippen LogP contribution in [0.5, 0.6) is 0 Å². The second-order valence-corrected chi connectivity index (χ2v) is 7.25. The minimum Gasteiger partial charge on any atom is -0.386 e. The second kappa shape index (κ2) is 6.88. The minimum atomic E-state index is -0.801. The number of rotatable bonds is 5. The first-order valence-electron chi connectivity index (χ1n) is 9.25. The Kier molecular flexibility index (Phi) is 4.90. The maximum atomic E-state index is 14.3. The number of aryl methyl sites for hydroxylation is 1. The lowest BCUT2D eigenvalue weighted by molar-refractivity contribution is -0.0223. The number of benzene rings is 2. The molecule has 2 aromatic rings. The highest BCUT2D eigenvalue weighted by molar-refractivity contribution is 5.93. The van der Waals surface area contributed by atoms with Crippen molar-refractivity contribution in [3.05, 3.63) is 64.5 Å². The van der Waals surface area contributed by atoms with Gasteiger partial charge in [0.1, 0.15) is 11.9 Å². The van der Waals surface area contributed by atoms with Crippen molar-refractivity contribution in [2.45, 2.75) is 45.3 Å². The van der Waals surface area contributed by atoms with E-state index in [1.807, 2.05) is 40.0 Å². The highest BCUT2D eigenvalue weighted by Crippen LogP contribution is 2.49. The van der Waals surface area contributed by atoms with E-state index in [1.165, 1.54) is 12.1 Å². The van der Waals surface area contributed by atoms with Gasteiger partial charge in [0.2, 0.25) is 0 Å². The van der Waals surface area contributed by atoms with Gasteiger partial charge < -0.3 is 5.11 Å². The summed E-state index contributed by atoms with van der Waals surface area (Å²) in [6.07, 6.45) is 2.20. The maximum Gasteiger partial charge on any atom is 0.179 e. The summed E-state index contributed by atoms with van der Waals surface area (Å²) in [6.45, 7) is 5.82. The molecule has 0 saturated carbocycles. The van der Waals surface area contributed by atoms with Crippen LogP contribution < -0.4 is 4.59 Å². The third-order valence-corrected chi connectivity index (χ3v) is 5.98. The lowest BCUT2D eigenvalue weighted by Gasteiger charge is -2.47. The van der Waals surface area contributed by atoms with Crippen LogP contribution in [0.2, 0.25) is 0 Å². The number of aliphatic hydroxyl groups excluding tert-OH is 1. The number of hydrogen-bond acceptors (Lipinski definition) is 3. The molecule has 0 aromatic heterocycles. The molecule has 0 radical (unpaired) electrons. The summed E-state index contributed by atoms with van der Waals surface area (Å²) in [7, 11) is 1.92. The quantitative estimate of drug-likeness (QED) is 0.799. The Morgan fingerprint density at radius 2 is 1.93 bits per heavy atom. The van der Waals surface area contributed by atoms with Crippen LogP contribution in [0.15, 0.2) is 41.5 Å². The van der Waals surface area contributed by atoms with Crippen molar-refractivity contribution in [2.75, 3.05) is 7.05 Å². The van der Waals surface area contributed by atoms with Gasteiger partial charge in [-0.3, -0.25) is 0 Å². The average Bonchev–Trinajstić information content (AvgIpc) is 3.01. The van der Waals surface area contributed by atoms with Gasteiger partial charge in [0, 0.05) is 18.1 Å². The van der Waals surface area contributed by atoms with Gasteiger partial charge >= 0.3 is 0 Å². The number of hydrogen-bond donors (Lipinski definition) is 1. The van der Waals surface area contributed by atoms with E-state index in [2.05, 4.69) is 6.07 Å². The third kappa shape index (κ3) is 2.68. The van der Waals surface area contributed by atoms with Crippen molar-refractivity contribution in [3.8, 4) is 6.07 Å². The molecule has 1 aliphatic heterocycles. The van der Waals surface area contributed by atoms with E-state index < -0.39 is 11.6 Å². The van der Waals surface area contributed by atoms with Crippen LogP contribution in [-0.4, -0.2) is 24.5 Å². The SMILES string of the molecule is CCC(O)C(CC)(c1ccc(C#N)cc1)[N+]1(C)N=Cc2c(C)cc(F)cc21. The molecule has 0 fully saturated rings. The summed E-state index contributed by atoms with van der Waals surface area (Å²) in [5.41, 5.74) is 3.11. The summed E-state index contributed by atoms with van der Waals surface area (Å²) in [4.78, 5) is 0. The van der Waals surface area contributed by atoms with E-state index in [4.69, 9.17) is 10.4 Å². The monoisotopic (exact) mass is 366 g/mol. The summed E-state index contributed by atoms with van der Waals surface area (Å²) in [5, 5.41) is 25.1. The van der Waals surface area contributed by atoms with E-state index in [0.29, 0.717) is 18.4 Å². The van der Waals surface area contributed by atoms with Gasteiger partial charge in [-0.2, -0.15) is 9.85 Å². The van der Waals surface area contributed by atoms with Gasteiger partial charge in [0.15, 0.2) is 11.2 Å².